The lowest BCUT2D eigenvalue weighted by Gasteiger charge is -2.23. The summed E-state index contributed by atoms with van der Waals surface area (Å²) in [5.41, 5.74) is 1.18. The third-order valence-electron chi connectivity index (χ3n) is 3.70. The first-order valence-corrected chi connectivity index (χ1v) is 8.91. The first-order valence-electron chi connectivity index (χ1n) is 7.51. The molecule has 1 N–H and O–H groups in total. The third kappa shape index (κ3) is 4.34. The lowest BCUT2D eigenvalue weighted by atomic mass is 10.1. The van der Waals surface area contributed by atoms with Gasteiger partial charge in [-0.05, 0) is 30.3 Å². The number of rotatable bonds is 6. The number of carbonyl (C=O) groups is 1. The molecule has 0 heterocycles. The van der Waals surface area contributed by atoms with Crippen LogP contribution in [0, 0.1) is 5.82 Å². The molecule has 0 unspecified atom stereocenters. The lowest BCUT2D eigenvalue weighted by molar-refractivity contribution is 0.0950. The molecule has 2 aromatic rings. The van der Waals surface area contributed by atoms with Crippen molar-refractivity contribution in [3.63, 3.8) is 0 Å². The molecule has 0 aromatic heterocycles. The molecule has 25 heavy (non-hydrogen) atoms. The van der Waals surface area contributed by atoms with E-state index in [2.05, 4.69) is 5.32 Å². The highest BCUT2D eigenvalue weighted by Crippen LogP contribution is 2.18. The zero-order chi connectivity index (χ0) is 18.6. The summed E-state index contributed by atoms with van der Waals surface area (Å²) in [5.74, 6) is -0.749. The van der Waals surface area contributed by atoms with Crippen LogP contribution in [0.15, 0.2) is 48.5 Å². The third-order valence-corrected chi connectivity index (χ3v) is 5.52. The van der Waals surface area contributed by atoms with Crippen molar-refractivity contribution in [1.82, 2.24) is 9.62 Å². The SMILES string of the molecule is CN(C)S(=O)(=O)N(C)c1ccc(C(=O)NCc2ccccc2F)cc1. The molecule has 0 spiro atoms. The number of carbonyl (C=O) groups excluding carboxylic acids is 1. The number of benzene rings is 2. The van der Waals surface area contributed by atoms with Crippen LogP contribution in [0.4, 0.5) is 10.1 Å². The van der Waals surface area contributed by atoms with Crippen LogP contribution in [0.25, 0.3) is 0 Å². The van der Waals surface area contributed by atoms with E-state index in [0.717, 1.165) is 8.61 Å². The molecule has 8 heteroatoms. The van der Waals surface area contributed by atoms with Crippen molar-refractivity contribution >= 4 is 21.8 Å². The van der Waals surface area contributed by atoms with Crippen LogP contribution < -0.4 is 9.62 Å². The first-order chi connectivity index (χ1) is 11.7. The summed E-state index contributed by atoms with van der Waals surface area (Å²) >= 11 is 0. The molecule has 0 aliphatic rings. The van der Waals surface area contributed by atoms with Gasteiger partial charge in [0.2, 0.25) is 0 Å². The summed E-state index contributed by atoms with van der Waals surface area (Å²) in [6, 6.07) is 12.3. The minimum absolute atomic E-state index is 0.0716. The highest BCUT2D eigenvalue weighted by molar-refractivity contribution is 7.90. The molecule has 6 nitrogen and oxygen atoms in total. The number of hydrogen-bond acceptors (Lipinski definition) is 3. The average Bonchev–Trinajstić information content (AvgIpc) is 2.60. The smallest absolute Gasteiger partial charge is 0.303 e. The predicted octanol–water partition coefficient (Wildman–Crippen LogP) is 2.00. The molecule has 0 atom stereocenters. The molecule has 0 fully saturated rings. The van der Waals surface area contributed by atoms with Crippen LogP contribution in [-0.2, 0) is 16.8 Å². The van der Waals surface area contributed by atoms with E-state index in [1.54, 1.807) is 30.3 Å². The number of anilines is 1. The molecule has 1 amide bonds. The second-order valence-corrected chi connectivity index (χ2v) is 7.75. The van der Waals surface area contributed by atoms with Gasteiger partial charge in [-0.15, -0.1) is 0 Å². The molecule has 0 aliphatic carbocycles. The fraction of sp³-hybridized carbons (Fsp3) is 0.235. The van der Waals surface area contributed by atoms with Gasteiger partial charge in [-0.1, -0.05) is 18.2 Å². The Labute approximate surface area is 147 Å². The van der Waals surface area contributed by atoms with Crippen LogP contribution in [-0.4, -0.2) is 39.8 Å². The van der Waals surface area contributed by atoms with Gasteiger partial charge in [0, 0.05) is 38.8 Å². The van der Waals surface area contributed by atoms with Crippen molar-refractivity contribution in [2.75, 3.05) is 25.4 Å². The number of hydrogen-bond donors (Lipinski definition) is 1. The van der Waals surface area contributed by atoms with E-state index in [1.165, 1.54) is 39.3 Å². The summed E-state index contributed by atoms with van der Waals surface area (Å²) in [4.78, 5) is 12.1. The summed E-state index contributed by atoms with van der Waals surface area (Å²) in [6.07, 6.45) is 0. The topological polar surface area (TPSA) is 69.7 Å². The highest BCUT2D eigenvalue weighted by atomic mass is 32.2. The van der Waals surface area contributed by atoms with E-state index >= 15 is 0 Å². The minimum atomic E-state index is -3.59. The highest BCUT2D eigenvalue weighted by Gasteiger charge is 2.21. The van der Waals surface area contributed by atoms with Crippen molar-refractivity contribution in [3.8, 4) is 0 Å². The van der Waals surface area contributed by atoms with Gasteiger partial charge in [0.1, 0.15) is 5.82 Å². The van der Waals surface area contributed by atoms with E-state index in [0.29, 0.717) is 16.8 Å². The molecule has 2 aromatic carbocycles. The van der Waals surface area contributed by atoms with Gasteiger partial charge in [0.05, 0.1) is 5.69 Å². The van der Waals surface area contributed by atoms with Gasteiger partial charge in [0.15, 0.2) is 0 Å². The van der Waals surface area contributed by atoms with Crippen LogP contribution in [0.2, 0.25) is 0 Å². The van der Waals surface area contributed by atoms with Crippen LogP contribution in [0.3, 0.4) is 0 Å². The maximum Gasteiger partial charge on any atom is 0.303 e. The van der Waals surface area contributed by atoms with Crippen LogP contribution >= 0.6 is 0 Å². The number of nitrogens with zero attached hydrogens (tertiary/aromatic N) is 2. The van der Waals surface area contributed by atoms with Crippen LogP contribution in [0.1, 0.15) is 15.9 Å². The first kappa shape index (κ1) is 18.9. The van der Waals surface area contributed by atoms with Crippen molar-refractivity contribution in [3.05, 3.63) is 65.5 Å². The Hall–Kier alpha value is -2.45. The van der Waals surface area contributed by atoms with Gasteiger partial charge < -0.3 is 5.32 Å². The number of halogens is 1. The van der Waals surface area contributed by atoms with Crippen LogP contribution in [0.5, 0.6) is 0 Å². The average molecular weight is 365 g/mol. The molecular formula is C17H20FN3O3S. The normalized spacial score (nSPS) is 11.4. The lowest BCUT2D eigenvalue weighted by Crippen LogP contribution is -2.37. The minimum Gasteiger partial charge on any atom is -0.348 e. The Morgan fingerprint density at radius 1 is 1.04 bits per heavy atom. The molecule has 0 saturated heterocycles. The quantitative estimate of drug-likeness (QED) is 0.851. The largest absolute Gasteiger partial charge is 0.348 e. The summed E-state index contributed by atoms with van der Waals surface area (Å²) < 4.78 is 39.9. The molecule has 134 valence electrons. The van der Waals surface area contributed by atoms with Crippen molar-refractivity contribution in [2.45, 2.75) is 6.54 Å². The van der Waals surface area contributed by atoms with E-state index in [4.69, 9.17) is 0 Å². The second-order valence-electron chi connectivity index (χ2n) is 5.58. The standard InChI is InChI=1S/C17H20FN3O3S/c1-20(2)25(23,24)21(3)15-10-8-13(9-11-15)17(22)19-12-14-6-4-5-7-16(14)18/h4-11H,12H2,1-3H3,(H,19,22). The van der Waals surface area contributed by atoms with Gasteiger partial charge in [-0.2, -0.15) is 12.7 Å². The van der Waals surface area contributed by atoms with E-state index in [-0.39, 0.29) is 18.3 Å². The molecule has 0 saturated carbocycles. The van der Waals surface area contributed by atoms with Crippen molar-refractivity contribution < 1.29 is 17.6 Å². The Balaban J connectivity index is 2.07. The number of amides is 1. The van der Waals surface area contributed by atoms with Gasteiger partial charge in [0.25, 0.3) is 5.91 Å². The monoisotopic (exact) mass is 365 g/mol. The summed E-state index contributed by atoms with van der Waals surface area (Å²) in [6.45, 7) is 0.0716. The molecular weight excluding hydrogens is 345 g/mol. The summed E-state index contributed by atoms with van der Waals surface area (Å²) in [5, 5.41) is 2.63. The fourth-order valence-corrected chi connectivity index (χ4v) is 3.00. The van der Waals surface area contributed by atoms with Gasteiger partial charge in [-0.3, -0.25) is 9.10 Å². The molecule has 0 bridgehead atoms. The van der Waals surface area contributed by atoms with Crippen molar-refractivity contribution in [1.29, 1.82) is 0 Å². The maximum absolute atomic E-state index is 13.5. The zero-order valence-corrected chi connectivity index (χ0v) is 15.0. The van der Waals surface area contributed by atoms with E-state index in [9.17, 15) is 17.6 Å². The Kier molecular flexibility index (Phi) is 5.76. The second kappa shape index (κ2) is 7.62. The Morgan fingerprint density at radius 2 is 1.64 bits per heavy atom. The van der Waals surface area contributed by atoms with E-state index in [1.807, 2.05) is 0 Å². The Bertz CT molecular complexity index is 852. The fourth-order valence-electron chi connectivity index (χ4n) is 2.12. The summed E-state index contributed by atoms with van der Waals surface area (Å²) in [7, 11) is 0.725. The van der Waals surface area contributed by atoms with Crippen molar-refractivity contribution in [2.24, 2.45) is 0 Å². The maximum atomic E-state index is 13.5. The molecule has 0 aliphatic heterocycles. The zero-order valence-electron chi connectivity index (χ0n) is 14.2. The van der Waals surface area contributed by atoms with E-state index < -0.39 is 10.2 Å². The molecule has 0 radical (unpaired) electrons. The van der Waals surface area contributed by atoms with Gasteiger partial charge >= 0.3 is 10.2 Å². The molecule has 2 rings (SSSR count). The van der Waals surface area contributed by atoms with Gasteiger partial charge in [-0.25, -0.2) is 4.39 Å². The Morgan fingerprint density at radius 3 is 2.20 bits per heavy atom. The number of nitrogens with one attached hydrogen (secondary N) is 1. The predicted molar refractivity (Wildman–Crippen MR) is 95.0 cm³/mol.